The molecule has 58 heavy (non-hydrogen) atoms. The van der Waals surface area contributed by atoms with Gasteiger partial charge in [-0.15, -0.1) is 0 Å². The van der Waals surface area contributed by atoms with Crippen LogP contribution in [0.3, 0.4) is 0 Å². The van der Waals surface area contributed by atoms with E-state index in [2.05, 4.69) is 5.32 Å². The molecule has 4 aliphatic rings. The Balaban J connectivity index is 1.69. The lowest BCUT2D eigenvalue weighted by atomic mass is 9.41. The number of nitrogens with one attached hydrogen (secondary N) is 1. The fraction of sp³-hybridized carbons (Fsp3) is 0.714. The molecule has 1 aliphatic heterocycles. The standard InChI is InChI=1S/C42H59NO15/c1-21-25-26(45)30(47)40(11)23(44)18-24-41(20-54-24,58-35(51)53-12)28(40)31(55-32(48)22-16-14-13-15-17-22)42(52,38(25,8)9)19-39(21,10)56-33(49)27(46)29(36(2,3)4)43-34(50)57-37(5,6)7/h13-17,21,23-25,27-29,31,44,46,52H,18-20H2,1-12H3,(H,43,50)/t21?,23-,24+,25?,27+,28?,29+,31-,39+,40+,41-,42+/m0/s1. The summed E-state index contributed by atoms with van der Waals surface area (Å²) in [6, 6.07) is 6.52. The molecule has 1 aromatic carbocycles. The summed E-state index contributed by atoms with van der Waals surface area (Å²) in [4.78, 5) is 84.1. The van der Waals surface area contributed by atoms with Gasteiger partial charge >= 0.3 is 24.2 Å². The van der Waals surface area contributed by atoms with Crippen molar-refractivity contribution in [1.29, 1.82) is 0 Å². The average Bonchev–Trinajstić information content (AvgIpc) is 3.11. The fourth-order valence-corrected chi connectivity index (χ4v) is 9.86. The van der Waals surface area contributed by atoms with Crippen molar-refractivity contribution in [3.8, 4) is 0 Å². The molecule has 3 saturated carbocycles. The van der Waals surface area contributed by atoms with E-state index < -0.39 is 129 Å². The number of carbonyl (C=O) groups excluding carboxylic acids is 6. The lowest BCUT2D eigenvalue weighted by Gasteiger charge is -2.68. The van der Waals surface area contributed by atoms with Gasteiger partial charge in [-0.1, -0.05) is 59.7 Å². The van der Waals surface area contributed by atoms with Crippen LogP contribution in [0.15, 0.2) is 30.3 Å². The molecule has 2 bridgehead atoms. The van der Waals surface area contributed by atoms with Gasteiger partial charge in [0.15, 0.2) is 11.7 Å². The minimum atomic E-state index is -2.42. The van der Waals surface area contributed by atoms with Crippen LogP contribution in [0.5, 0.6) is 0 Å². The van der Waals surface area contributed by atoms with Gasteiger partial charge in [0.2, 0.25) is 11.6 Å². The SMILES string of the molecule is COC(=O)O[C@@]12CO[C@@H]1C[C@H](O)[C@@]1(C)C(=O)C(=O)C3C(C)[C@](C)(OC(=O)[C@H](O)[C@@H](NC(=O)OC(C)(C)C)C(C)(C)C)C[C@@](O)([C@@H](OC(=O)c4ccccc4)C12)C3(C)C. The van der Waals surface area contributed by atoms with Crippen molar-refractivity contribution >= 4 is 35.8 Å². The van der Waals surface area contributed by atoms with Gasteiger partial charge < -0.3 is 49.1 Å². The number of aliphatic hydroxyl groups is 3. The number of ketones is 2. The zero-order chi connectivity index (χ0) is 43.8. The van der Waals surface area contributed by atoms with Crippen LogP contribution in [0.4, 0.5) is 9.59 Å². The molecule has 16 nitrogen and oxygen atoms in total. The second-order valence-corrected chi connectivity index (χ2v) is 19.5. The molecule has 1 saturated heterocycles. The number of hydrogen-bond donors (Lipinski definition) is 4. The Morgan fingerprint density at radius 2 is 1.57 bits per heavy atom. The summed E-state index contributed by atoms with van der Waals surface area (Å²) in [5.41, 5.74) is -11.8. The molecule has 1 amide bonds. The number of Topliss-reactive ketones (excluding diaryl/α,β-unsaturated/α-hetero) is 2. The number of benzene rings is 1. The van der Waals surface area contributed by atoms with Crippen LogP contribution in [0.1, 0.15) is 99.4 Å². The van der Waals surface area contributed by atoms with Crippen LogP contribution in [0.2, 0.25) is 0 Å². The number of ether oxygens (including phenoxy) is 6. The van der Waals surface area contributed by atoms with Crippen molar-refractivity contribution in [1.82, 2.24) is 5.32 Å². The monoisotopic (exact) mass is 817 g/mol. The number of alkyl carbamates (subject to hydrolysis) is 1. The number of carbonyl (C=O) groups is 6. The van der Waals surface area contributed by atoms with Gasteiger partial charge in [0.05, 0.1) is 42.8 Å². The van der Waals surface area contributed by atoms with E-state index in [0.717, 1.165) is 7.11 Å². The molecule has 16 heteroatoms. The molecule has 12 atom stereocenters. The molecule has 1 heterocycles. The number of methoxy groups -OCH3 is 1. The van der Waals surface area contributed by atoms with Crippen LogP contribution < -0.4 is 5.32 Å². The van der Waals surface area contributed by atoms with E-state index >= 15 is 0 Å². The van der Waals surface area contributed by atoms with Crippen LogP contribution in [0, 0.1) is 34.0 Å². The summed E-state index contributed by atoms with van der Waals surface area (Å²) in [7, 11) is 1.06. The Bertz CT molecular complexity index is 1820. The van der Waals surface area contributed by atoms with Crippen molar-refractivity contribution < 1.29 is 72.5 Å². The normalized spacial score (nSPS) is 36.5. The predicted octanol–water partition coefficient (Wildman–Crippen LogP) is 3.69. The molecule has 0 aromatic heterocycles. The van der Waals surface area contributed by atoms with Gasteiger partial charge in [0, 0.05) is 30.1 Å². The molecule has 4 N–H and O–H groups in total. The first-order chi connectivity index (χ1) is 26.5. The number of fused-ring (bicyclic) bond motifs is 5. The first kappa shape index (κ1) is 45.0. The fourth-order valence-electron chi connectivity index (χ4n) is 9.86. The van der Waals surface area contributed by atoms with Crippen LogP contribution in [-0.2, 0) is 42.8 Å². The maximum atomic E-state index is 15.0. The number of esters is 2. The van der Waals surface area contributed by atoms with E-state index in [1.807, 2.05) is 0 Å². The maximum absolute atomic E-state index is 15.0. The largest absolute Gasteiger partial charge is 0.508 e. The molecule has 0 radical (unpaired) electrons. The van der Waals surface area contributed by atoms with Gasteiger partial charge in [-0.25, -0.2) is 19.2 Å². The number of rotatable bonds is 7. The maximum Gasteiger partial charge on any atom is 0.508 e. The Morgan fingerprint density at radius 3 is 2.09 bits per heavy atom. The van der Waals surface area contributed by atoms with E-state index in [4.69, 9.17) is 28.4 Å². The Morgan fingerprint density at radius 1 is 0.966 bits per heavy atom. The van der Waals surface area contributed by atoms with Crippen molar-refractivity contribution in [2.45, 2.75) is 142 Å². The number of amides is 1. The predicted molar refractivity (Wildman–Crippen MR) is 203 cm³/mol. The molecule has 5 rings (SSSR count). The molecular weight excluding hydrogens is 758 g/mol. The summed E-state index contributed by atoms with van der Waals surface area (Å²) in [5, 5.41) is 39.6. The highest BCUT2D eigenvalue weighted by Crippen LogP contribution is 2.66. The lowest BCUT2D eigenvalue weighted by Crippen LogP contribution is -2.83. The molecule has 3 unspecified atom stereocenters. The van der Waals surface area contributed by atoms with E-state index in [1.54, 1.807) is 66.7 Å². The van der Waals surface area contributed by atoms with Gasteiger partial charge in [-0.05, 0) is 52.2 Å². The summed E-state index contributed by atoms with van der Waals surface area (Å²) in [5.74, 6) is -8.40. The highest BCUT2D eigenvalue weighted by Gasteiger charge is 2.80. The highest BCUT2D eigenvalue weighted by molar-refractivity contribution is 6.40. The van der Waals surface area contributed by atoms with Gasteiger partial charge in [0.1, 0.15) is 29.0 Å². The number of aliphatic hydroxyl groups excluding tert-OH is 2. The minimum absolute atomic E-state index is 0.0551. The molecule has 322 valence electrons. The molecule has 4 fully saturated rings. The van der Waals surface area contributed by atoms with E-state index in [9.17, 15) is 44.1 Å². The van der Waals surface area contributed by atoms with Gasteiger partial charge in [-0.2, -0.15) is 0 Å². The van der Waals surface area contributed by atoms with Crippen molar-refractivity contribution in [2.75, 3.05) is 13.7 Å². The van der Waals surface area contributed by atoms with Gasteiger partial charge in [-0.3, -0.25) is 9.59 Å². The van der Waals surface area contributed by atoms with Crippen LogP contribution in [0.25, 0.3) is 0 Å². The van der Waals surface area contributed by atoms with Crippen molar-refractivity contribution in [3.05, 3.63) is 35.9 Å². The Hall–Kier alpha value is -4.12. The van der Waals surface area contributed by atoms with Crippen molar-refractivity contribution in [3.63, 3.8) is 0 Å². The minimum Gasteiger partial charge on any atom is -0.457 e. The van der Waals surface area contributed by atoms with Crippen LogP contribution >= 0.6 is 0 Å². The first-order valence-corrected chi connectivity index (χ1v) is 19.6. The third-order valence-corrected chi connectivity index (χ3v) is 13.3. The third kappa shape index (κ3) is 7.27. The topological polar surface area (TPSA) is 231 Å². The second-order valence-electron chi connectivity index (χ2n) is 19.5. The molecule has 1 aromatic rings. The smallest absolute Gasteiger partial charge is 0.457 e. The first-order valence-electron chi connectivity index (χ1n) is 19.6. The molecular formula is C42H59NO15. The summed E-state index contributed by atoms with van der Waals surface area (Å²) >= 11 is 0. The van der Waals surface area contributed by atoms with Crippen LogP contribution in [-0.4, -0.2) is 118 Å². The summed E-state index contributed by atoms with van der Waals surface area (Å²) < 4.78 is 34.5. The lowest BCUT2D eigenvalue weighted by molar-refractivity contribution is -0.351. The summed E-state index contributed by atoms with van der Waals surface area (Å²) in [6.45, 7) is 17.0. The second kappa shape index (κ2) is 14.9. The molecule has 0 spiro atoms. The quantitative estimate of drug-likeness (QED) is 0.175. The Labute approximate surface area is 338 Å². The molecule has 3 aliphatic carbocycles. The Kier molecular flexibility index (Phi) is 11.5. The van der Waals surface area contributed by atoms with E-state index in [1.165, 1.54) is 39.8 Å². The van der Waals surface area contributed by atoms with E-state index in [0.29, 0.717) is 0 Å². The van der Waals surface area contributed by atoms with E-state index in [-0.39, 0.29) is 18.6 Å². The van der Waals surface area contributed by atoms with Gasteiger partial charge in [0.25, 0.3) is 0 Å². The number of hydrogen-bond acceptors (Lipinski definition) is 15. The summed E-state index contributed by atoms with van der Waals surface area (Å²) in [6.07, 6.45) is -9.48. The zero-order valence-electron chi connectivity index (χ0n) is 35.4. The average molecular weight is 818 g/mol. The highest BCUT2D eigenvalue weighted by atomic mass is 16.8. The zero-order valence-corrected chi connectivity index (χ0v) is 35.4. The van der Waals surface area contributed by atoms with Crippen molar-refractivity contribution in [2.24, 2.45) is 34.0 Å². The third-order valence-electron chi connectivity index (χ3n) is 13.3.